The second-order valence-electron chi connectivity index (χ2n) is 4.83. The number of aromatic nitrogens is 1. The van der Waals surface area contributed by atoms with Crippen LogP contribution in [0.25, 0.3) is 0 Å². The minimum atomic E-state index is -0.268. The van der Waals surface area contributed by atoms with Gasteiger partial charge in [0.15, 0.2) is 0 Å². The van der Waals surface area contributed by atoms with Gasteiger partial charge in [0.25, 0.3) is 5.91 Å². The van der Waals surface area contributed by atoms with Crippen LogP contribution in [0.3, 0.4) is 0 Å². The average molecular weight is 329 g/mol. The summed E-state index contributed by atoms with van der Waals surface area (Å²) in [6.45, 7) is 1.69. The van der Waals surface area contributed by atoms with Crippen molar-refractivity contribution in [2.75, 3.05) is 5.32 Å². The number of hydrogen-bond donors (Lipinski definition) is 1. The quantitative estimate of drug-likeness (QED) is 0.755. The molecule has 0 saturated carbocycles. The van der Waals surface area contributed by atoms with Crippen LogP contribution in [0.5, 0.6) is 11.5 Å². The number of hydrogen-bond acceptors (Lipinski definition) is 4. The van der Waals surface area contributed by atoms with Gasteiger partial charge in [0, 0.05) is 10.7 Å². The summed E-state index contributed by atoms with van der Waals surface area (Å²) in [5.41, 5.74) is 1.06. The standard InChI is InChI=1S/C17H13ClN2O3/c1-11-16(10-19-23-11)17(21)20-13-4-8-15(9-5-13)22-14-6-2-12(18)3-7-14/h2-10H,1H3,(H,20,21). The number of carbonyl (C=O) groups excluding carboxylic acids is 1. The van der Waals surface area contributed by atoms with Gasteiger partial charge in [0.1, 0.15) is 22.8 Å². The predicted octanol–water partition coefficient (Wildman–Crippen LogP) is 4.68. The van der Waals surface area contributed by atoms with E-state index in [4.69, 9.17) is 20.9 Å². The van der Waals surface area contributed by atoms with Crippen LogP contribution in [0.15, 0.2) is 59.3 Å². The second kappa shape index (κ2) is 6.54. The van der Waals surface area contributed by atoms with Gasteiger partial charge in [-0.1, -0.05) is 16.8 Å². The molecular weight excluding hydrogens is 316 g/mol. The Balaban J connectivity index is 1.66. The lowest BCUT2D eigenvalue weighted by Gasteiger charge is -2.08. The molecule has 2 aromatic carbocycles. The van der Waals surface area contributed by atoms with Crippen LogP contribution in [0.1, 0.15) is 16.1 Å². The maximum Gasteiger partial charge on any atom is 0.260 e. The Morgan fingerprint density at radius 2 is 1.70 bits per heavy atom. The van der Waals surface area contributed by atoms with Crippen molar-refractivity contribution in [2.24, 2.45) is 0 Å². The normalized spacial score (nSPS) is 10.3. The smallest absolute Gasteiger partial charge is 0.260 e. The molecule has 0 aliphatic carbocycles. The van der Waals surface area contributed by atoms with E-state index < -0.39 is 0 Å². The lowest BCUT2D eigenvalue weighted by Crippen LogP contribution is -2.11. The van der Waals surface area contributed by atoms with Crippen LogP contribution in [0.2, 0.25) is 5.02 Å². The zero-order valence-corrected chi connectivity index (χ0v) is 13.0. The molecule has 0 bridgehead atoms. The molecule has 1 heterocycles. The third-order valence-electron chi connectivity index (χ3n) is 3.16. The number of rotatable bonds is 4. The predicted molar refractivity (Wildman–Crippen MR) is 87.2 cm³/mol. The first-order valence-electron chi connectivity index (χ1n) is 6.88. The number of anilines is 1. The average Bonchev–Trinajstić information content (AvgIpc) is 2.98. The van der Waals surface area contributed by atoms with E-state index in [9.17, 15) is 4.79 Å². The van der Waals surface area contributed by atoms with Crippen LogP contribution in [-0.2, 0) is 0 Å². The molecule has 116 valence electrons. The molecule has 1 N–H and O–H groups in total. The fourth-order valence-electron chi connectivity index (χ4n) is 1.96. The number of nitrogens with one attached hydrogen (secondary N) is 1. The zero-order valence-electron chi connectivity index (χ0n) is 12.2. The molecule has 3 rings (SSSR count). The van der Waals surface area contributed by atoms with Crippen molar-refractivity contribution in [3.63, 3.8) is 0 Å². The van der Waals surface area contributed by atoms with Crippen LogP contribution >= 0.6 is 11.6 Å². The topological polar surface area (TPSA) is 64.4 Å². The largest absolute Gasteiger partial charge is 0.457 e. The van der Waals surface area contributed by atoms with E-state index in [1.807, 2.05) is 0 Å². The first kappa shape index (κ1) is 15.1. The Bertz CT molecular complexity index is 811. The van der Waals surface area contributed by atoms with Crippen molar-refractivity contribution in [3.8, 4) is 11.5 Å². The first-order chi connectivity index (χ1) is 11.1. The highest BCUT2D eigenvalue weighted by atomic mass is 35.5. The van der Waals surface area contributed by atoms with Crippen LogP contribution in [0, 0.1) is 6.92 Å². The van der Waals surface area contributed by atoms with Crippen molar-refractivity contribution in [3.05, 3.63) is 71.1 Å². The number of aryl methyl sites for hydroxylation is 1. The van der Waals surface area contributed by atoms with Gasteiger partial charge in [-0.3, -0.25) is 4.79 Å². The summed E-state index contributed by atoms with van der Waals surface area (Å²) in [6.07, 6.45) is 1.39. The fraction of sp³-hybridized carbons (Fsp3) is 0.0588. The van der Waals surface area contributed by atoms with Crippen molar-refractivity contribution in [2.45, 2.75) is 6.92 Å². The number of carbonyl (C=O) groups is 1. The summed E-state index contributed by atoms with van der Waals surface area (Å²) in [4.78, 5) is 12.0. The summed E-state index contributed by atoms with van der Waals surface area (Å²) >= 11 is 5.83. The lowest BCUT2D eigenvalue weighted by molar-refractivity contribution is 0.102. The first-order valence-corrected chi connectivity index (χ1v) is 7.26. The molecule has 1 aromatic heterocycles. The van der Waals surface area contributed by atoms with Crippen molar-refractivity contribution in [1.82, 2.24) is 5.16 Å². The Labute approximate surface area is 137 Å². The number of halogens is 1. The van der Waals surface area contributed by atoms with Gasteiger partial charge in [0.05, 0.1) is 6.20 Å². The minimum Gasteiger partial charge on any atom is -0.457 e. The third kappa shape index (κ3) is 3.70. The molecule has 0 saturated heterocycles. The molecule has 0 spiro atoms. The van der Waals surface area contributed by atoms with E-state index >= 15 is 0 Å². The molecule has 0 aliphatic rings. The summed E-state index contributed by atoms with van der Waals surface area (Å²) in [5, 5.41) is 7.01. The summed E-state index contributed by atoms with van der Waals surface area (Å²) in [7, 11) is 0. The number of nitrogens with zero attached hydrogens (tertiary/aromatic N) is 1. The summed E-state index contributed by atoms with van der Waals surface area (Å²) < 4.78 is 10.6. The van der Waals surface area contributed by atoms with Gasteiger partial charge in [-0.15, -0.1) is 0 Å². The van der Waals surface area contributed by atoms with E-state index in [1.165, 1.54) is 6.20 Å². The van der Waals surface area contributed by atoms with E-state index in [0.29, 0.717) is 33.5 Å². The highest BCUT2D eigenvalue weighted by Gasteiger charge is 2.12. The number of amides is 1. The van der Waals surface area contributed by atoms with Crippen LogP contribution in [-0.4, -0.2) is 11.1 Å². The Morgan fingerprint density at radius 3 is 2.26 bits per heavy atom. The Kier molecular flexibility index (Phi) is 4.30. The molecule has 23 heavy (non-hydrogen) atoms. The summed E-state index contributed by atoms with van der Waals surface area (Å²) in [6, 6.07) is 14.1. The van der Waals surface area contributed by atoms with Gasteiger partial charge in [-0.25, -0.2) is 0 Å². The van der Waals surface area contributed by atoms with Gasteiger partial charge < -0.3 is 14.6 Å². The van der Waals surface area contributed by atoms with E-state index in [2.05, 4.69) is 10.5 Å². The van der Waals surface area contributed by atoms with Gasteiger partial charge >= 0.3 is 0 Å². The molecule has 0 fully saturated rings. The second-order valence-corrected chi connectivity index (χ2v) is 5.27. The number of benzene rings is 2. The van der Waals surface area contributed by atoms with Crippen molar-refractivity contribution in [1.29, 1.82) is 0 Å². The highest BCUT2D eigenvalue weighted by Crippen LogP contribution is 2.24. The molecule has 0 radical (unpaired) electrons. The third-order valence-corrected chi connectivity index (χ3v) is 3.41. The maximum absolute atomic E-state index is 12.0. The maximum atomic E-state index is 12.0. The summed E-state index contributed by atoms with van der Waals surface area (Å²) in [5.74, 6) is 1.55. The SMILES string of the molecule is Cc1oncc1C(=O)Nc1ccc(Oc2ccc(Cl)cc2)cc1. The fourth-order valence-corrected chi connectivity index (χ4v) is 2.09. The molecule has 0 aliphatic heterocycles. The van der Waals surface area contributed by atoms with Gasteiger partial charge in [-0.05, 0) is 55.5 Å². The van der Waals surface area contributed by atoms with E-state index in [1.54, 1.807) is 55.5 Å². The molecule has 6 heteroatoms. The van der Waals surface area contributed by atoms with Gasteiger partial charge in [-0.2, -0.15) is 0 Å². The van der Waals surface area contributed by atoms with E-state index in [0.717, 1.165) is 0 Å². The molecule has 5 nitrogen and oxygen atoms in total. The number of ether oxygens (including phenoxy) is 1. The molecule has 0 unspecified atom stereocenters. The minimum absolute atomic E-state index is 0.268. The van der Waals surface area contributed by atoms with Crippen molar-refractivity contribution >= 4 is 23.2 Å². The lowest BCUT2D eigenvalue weighted by atomic mass is 10.2. The van der Waals surface area contributed by atoms with Crippen molar-refractivity contribution < 1.29 is 14.1 Å². The molecule has 1 amide bonds. The Hall–Kier alpha value is -2.79. The molecule has 3 aromatic rings. The van der Waals surface area contributed by atoms with Crippen LogP contribution in [0.4, 0.5) is 5.69 Å². The highest BCUT2D eigenvalue weighted by molar-refractivity contribution is 6.30. The molecular formula is C17H13ClN2O3. The zero-order chi connectivity index (χ0) is 16.2. The van der Waals surface area contributed by atoms with E-state index in [-0.39, 0.29) is 5.91 Å². The van der Waals surface area contributed by atoms with Gasteiger partial charge in [0.2, 0.25) is 0 Å². The molecule has 0 atom stereocenters. The Morgan fingerprint density at radius 1 is 1.09 bits per heavy atom. The van der Waals surface area contributed by atoms with Crippen LogP contribution < -0.4 is 10.1 Å². The monoisotopic (exact) mass is 328 g/mol.